The Kier molecular flexibility index (Phi) is 2.83. The summed E-state index contributed by atoms with van der Waals surface area (Å²) in [7, 11) is 0. The molecule has 1 aliphatic heterocycles. The van der Waals surface area contributed by atoms with Crippen molar-refractivity contribution in [1.29, 1.82) is 0 Å². The van der Waals surface area contributed by atoms with Crippen LogP contribution in [0.2, 0.25) is 0 Å². The van der Waals surface area contributed by atoms with Gasteiger partial charge in [-0.15, -0.1) is 0 Å². The Morgan fingerprint density at radius 1 is 1.39 bits per heavy atom. The normalized spacial score (nSPS) is 23.4. The maximum absolute atomic E-state index is 13.1. The van der Waals surface area contributed by atoms with E-state index >= 15 is 0 Å². The molecular weight excluding hydrogens is 233 g/mol. The minimum atomic E-state index is -0.297. The van der Waals surface area contributed by atoms with Gasteiger partial charge in [0, 0.05) is 12.1 Å². The molecule has 2 heterocycles. The smallest absolute Gasteiger partial charge is 0.231 e. The lowest BCUT2D eigenvalue weighted by Crippen LogP contribution is -2.08. The van der Waals surface area contributed by atoms with Gasteiger partial charge in [-0.05, 0) is 24.6 Å². The maximum Gasteiger partial charge on any atom is 0.231 e. The second kappa shape index (κ2) is 4.49. The van der Waals surface area contributed by atoms with Crippen LogP contribution in [0.5, 0.6) is 0 Å². The Balaban J connectivity index is 1.89. The van der Waals surface area contributed by atoms with Gasteiger partial charge in [0.1, 0.15) is 5.82 Å². The van der Waals surface area contributed by atoms with Crippen LogP contribution >= 0.6 is 0 Å². The zero-order valence-electron chi connectivity index (χ0n) is 10.1. The van der Waals surface area contributed by atoms with Gasteiger partial charge in [0.25, 0.3) is 0 Å². The molecule has 18 heavy (non-hydrogen) atoms. The summed E-state index contributed by atoms with van der Waals surface area (Å²) in [6.45, 7) is 3.96. The molecule has 3 rings (SSSR count). The van der Waals surface area contributed by atoms with E-state index in [1.165, 1.54) is 12.1 Å². The largest absolute Gasteiger partial charge is 0.339 e. The van der Waals surface area contributed by atoms with Crippen LogP contribution in [0.25, 0.3) is 11.4 Å². The van der Waals surface area contributed by atoms with Crippen LogP contribution in [0, 0.1) is 11.7 Å². The molecule has 2 atom stereocenters. The minimum Gasteiger partial charge on any atom is -0.339 e. The molecule has 0 saturated carbocycles. The molecule has 94 valence electrons. The topological polar surface area (TPSA) is 51.0 Å². The maximum atomic E-state index is 13.1. The fraction of sp³-hybridized carbons (Fsp3) is 0.385. The molecule has 2 aromatic rings. The molecule has 2 unspecified atom stereocenters. The van der Waals surface area contributed by atoms with E-state index in [1.54, 1.807) is 12.1 Å². The average molecular weight is 247 g/mol. The molecule has 1 N–H and O–H groups in total. The number of benzene rings is 1. The summed E-state index contributed by atoms with van der Waals surface area (Å²) in [6.07, 6.45) is 0. The van der Waals surface area contributed by atoms with Crippen molar-refractivity contribution in [3.63, 3.8) is 0 Å². The average Bonchev–Trinajstić information content (AvgIpc) is 2.97. The predicted molar refractivity (Wildman–Crippen MR) is 64.5 cm³/mol. The highest BCUT2D eigenvalue weighted by molar-refractivity contribution is 5.53. The molecule has 1 aromatic heterocycles. The van der Waals surface area contributed by atoms with Crippen molar-refractivity contribution in [3.05, 3.63) is 36.0 Å². The van der Waals surface area contributed by atoms with Gasteiger partial charge in [0.05, 0.1) is 5.92 Å². The number of rotatable bonds is 2. The fourth-order valence-electron chi connectivity index (χ4n) is 2.27. The van der Waals surface area contributed by atoms with Crippen LogP contribution < -0.4 is 5.32 Å². The van der Waals surface area contributed by atoms with E-state index in [4.69, 9.17) is 4.52 Å². The lowest BCUT2D eigenvalue weighted by Gasteiger charge is -2.07. The zero-order chi connectivity index (χ0) is 12.5. The zero-order valence-corrected chi connectivity index (χ0v) is 10.1. The van der Waals surface area contributed by atoms with Gasteiger partial charge in [-0.2, -0.15) is 4.98 Å². The lowest BCUT2D eigenvalue weighted by atomic mass is 9.98. The van der Waals surface area contributed by atoms with Crippen LogP contribution in [-0.2, 0) is 0 Å². The van der Waals surface area contributed by atoms with Crippen molar-refractivity contribution in [2.75, 3.05) is 13.1 Å². The summed E-state index contributed by atoms with van der Waals surface area (Å²) in [5.41, 5.74) is 0.642. The number of aromatic nitrogens is 2. The van der Waals surface area contributed by atoms with Crippen LogP contribution in [0.4, 0.5) is 4.39 Å². The standard InChI is InChI=1S/C13H14FN3O/c1-8-6-15-7-11(8)13-16-12(17-18-13)9-3-2-4-10(14)5-9/h2-5,8,11,15H,6-7H2,1H3. The summed E-state index contributed by atoms with van der Waals surface area (Å²) in [4.78, 5) is 4.37. The summed E-state index contributed by atoms with van der Waals surface area (Å²) in [5.74, 6) is 1.51. The third kappa shape index (κ3) is 2.01. The van der Waals surface area contributed by atoms with Gasteiger partial charge in [0.2, 0.25) is 11.7 Å². The minimum absolute atomic E-state index is 0.250. The van der Waals surface area contributed by atoms with E-state index in [0.717, 1.165) is 13.1 Å². The number of nitrogens with zero attached hydrogens (tertiary/aromatic N) is 2. The van der Waals surface area contributed by atoms with E-state index < -0.39 is 0 Å². The van der Waals surface area contributed by atoms with Gasteiger partial charge in [0.15, 0.2) is 0 Å². The first kappa shape index (κ1) is 11.3. The van der Waals surface area contributed by atoms with Crippen molar-refractivity contribution < 1.29 is 8.91 Å². The SMILES string of the molecule is CC1CNCC1c1nc(-c2cccc(F)c2)no1. The predicted octanol–water partition coefficient (Wildman–Crippen LogP) is 2.20. The van der Waals surface area contributed by atoms with E-state index in [9.17, 15) is 4.39 Å². The van der Waals surface area contributed by atoms with Crippen LogP contribution in [0.15, 0.2) is 28.8 Å². The molecule has 4 nitrogen and oxygen atoms in total. The van der Waals surface area contributed by atoms with Gasteiger partial charge >= 0.3 is 0 Å². The summed E-state index contributed by atoms with van der Waals surface area (Å²) in [6, 6.07) is 6.22. The van der Waals surface area contributed by atoms with Crippen molar-refractivity contribution >= 4 is 0 Å². The molecule has 0 radical (unpaired) electrons. The molecular formula is C13H14FN3O. The summed E-state index contributed by atoms with van der Waals surface area (Å²) >= 11 is 0. The highest BCUT2D eigenvalue weighted by Crippen LogP contribution is 2.28. The summed E-state index contributed by atoms with van der Waals surface area (Å²) in [5, 5.41) is 7.22. The fourth-order valence-corrected chi connectivity index (χ4v) is 2.27. The number of halogens is 1. The molecule has 0 bridgehead atoms. The Labute approximate surface area is 104 Å². The Hall–Kier alpha value is -1.75. The second-order valence-electron chi connectivity index (χ2n) is 4.71. The molecule has 1 saturated heterocycles. The lowest BCUT2D eigenvalue weighted by molar-refractivity contribution is 0.340. The number of nitrogens with one attached hydrogen (secondary N) is 1. The van der Waals surface area contributed by atoms with Gasteiger partial charge in [-0.1, -0.05) is 24.2 Å². The second-order valence-corrected chi connectivity index (χ2v) is 4.71. The first-order valence-corrected chi connectivity index (χ1v) is 6.04. The molecule has 1 aliphatic rings. The van der Waals surface area contributed by atoms with Crippen LogP contribution in [0.3, 0.4) is 0 Å². The van der Waals surface area contributed by atoms with E-state index in [-0.39, 0.29) is 11.7 Å². The molecule has 0 amide bonds. The molecule has 1 aromatic carbocycles. The van der Waals surface area contributed by atoms with E-state index in [1.807, 2.05) is 0 Å². The first-order chi connectivity index (χ1) is 8.74. The number of hydrogen-bond donors (Lipinski definition) is 1. The van der Waals surface area contributed by atoms with Crippen molar-refractivity contribution in [2.45, 2.75) is 12.8 Å². The molecule has 0 aliphatic carbocycles. The van der Waals surface area contributed by atoms with Crippen molar-refractivity contribution in [2.24, 2.45) is 5.92 Å². The molecule has 5 heteroatoms. The van der Waals surface area contributed by atoms with Crippen molar-refractivity contribution in [1.82, 2.24) is 15.5 Å². The third-order valence-electron chi connectivity index (χ3n) is 3.36. The number of hydrogen-bond acceptors (Lipinski definition) is 4. The Morgan fingerprint density at radius 3 is 3.00 bits per heavy atom. The Bertz CT molecular complexity index is 555. The Morgan fingerprint density at radius 2 is 2.28 bits per heavy atom. The molecule has 1 fully saturated rings. The summed E-state index contributed by atoms with van der Waals surface area (Å²) < 4.78 is 18.4. The third-order valence-corrected chi connectivity index (χ3v) is 3.36. The van der Waals surface area contributed by atoms with Crippen LogP contribution in [-0.4, -0.2) is 23.2 Å². The van der Waals surface area contributed by atoms with E-state index in [2.05, 4.69) is 22.4 Å². The molecule has 0 spiro atoms. The van der Waals surface area contributed by atoms with Crippen molar-refractivity contribution in [3.8, 4) is 11.4 Å². The highest BCUT2D eigenvalue weighted by atomic mass is 19.1. The highest BCUT2D eigenvalue weighted by Gasteiger charge is 2.29. The first-order valence-electron chi connectivity index (χ1n) is 6.04. The van der Waals surface area contributed by atoms with Gasteiger partial charge < -0.3 is 9.84 Å². The van der Waals surface area contributed by atoms with Gasteiger partial charge in [-0.25, -0.2) is 4.39 Å². The van der Waals surface area contributed by atoms with Crippen LogP contribution in [0.1, 0.15) is 18.7 Å². The van der Waals surface area contributed by atoms with Gasteiger partial charge in [-0.3, -0.25) is 0 Å². The monoisotopic (exact) mass is 247 g/mol. The quantitative estimate of drug-likeness (QED) is 0.883. The van der Waals surface area contributed by atoms with E-state index in [0.29, 0.717) is 23.2 Å².